The Balaban J connectivity index is 0.847. The molecular weight excluding hydrogens is 1150 g/mol. The third-order valence-corrected chi connectivity index (χ3v) is 13.8. The molecule has 3 heterocycles. The van der Waals surface area contributed by atoms with E-state index in [1.165, 1.54) is 43.2 Å². The highest BCUT2D eigenvalue weighted by molar-refractivity contribution is 6.13. The lowest BCUT2D eigenvalue weighted by atomic mass is 10.0. The molecule has 0 bridgehead atoms. The van der Waals surface area contributed by atoms with Gasteiger partial charge in [0.2, 0.25) is 23.6 Å². The van der Waals surface area contributed by atoms with E-state index < -0.39 is 65.9 Å². The molecule has 0 fully saturated rings. The molecule has 27 nitrogen and oxygen atoms in total. The minimum atomic E-state index is -1.46. The summed E-state index contributed by atoms with van der Waals surface area (Å²) in [4.78, 5) is 106. The highest BCUT2D eigenvalue weighted by atomic mass is 16.6. The van der Waals surface area contributed by atoms with E-state index in [9.17, 15) is 43.5 Å². The molecule has 488 valence electrons. The summed E-state index contributed by atoms with van der Waals surface area (Å²) in [5.74, 6) is -2.64. The number of amides is 8. The smallest absolute Gasteiger partial charge is 0.416 e. The zero-order chi connectivity index (χ0) is 63.6. The normalized spacial score (nSPS) is 16.0. The number of aliphatic hydroxyl groups excluding tert-OH is 1. The van der Waals surface area contributed by atoms with Crippen LogP contribution < -0.4 is 35.6 Å². The first-order chi connectivity index (χ1) is 42.5. The van der Waals surface area contributed by atoms with Gasteiger partial charge in [0.1, 0.15) is 18.7 Å². The number of hydrogen-bond donors (Lipinski definition) is 5. The Labute approximate surface area is 514 Å². The first-order valence-corrected chi connectivity index (χ1v) is 29.9. The lowest BCUT2D eigenvalue weighted by Crippen LogP contribution is -2.53. The topological polar surface area (TPSA) is 316 Å². The minimum Gasteiger partial charge on any atom is -0.493 e. The molecule has 2 aromatic carbocycles. The van der Waals surface area contributed by atoms with E-state index in [0.717, 1.165) is 34.6 Å². The van der Waals surface area contributed by atoms with Crippen LogP contribution in [0.25, 0.3) is 0 Å². The Hall–Kier alpha value is -7.08. The van der Waals surface area contributed by atoms with Crippen molar-refractivity contribution in [3.63, 3.8) is 0 Å². The van der Waals surface area contributed by atoms with E-state index in [2.05, 4.69) is 28.2 Å². The van der Waals surface area contributed by atoms with Crippen LogP contribution in [0.1, 0.15) is 89.1 Å². The number of unbranched alkanes of at least 4 members (excludes halogenated alkanes) is 2. The number of imide groups is 1. The van der Waals surface area contributed by atoms with Crippen LogP contribution in [0.3, 0.4) is 0 Å². The van der Waals surface area contributed by atoms with Crippen LogP contribution in [0.2, 0.25) is 0 Å². The van der Waals surface area contributed by atoms with Crippen LogP contribution in [0.4, 0.5) is 16.2 Å². The van der Waals surface area contributed by atoms with Crippen molar-refractivity contribution in [2.45, 2.75) is 104 Å². The number of fused-ring (bicyclic) bond motifs is 2. The Morgan fingerprint density at radius 3 is 1.76 bits per heavy atom. The Kier molecular flexibility index (Phi) is 32.4. The standard InChI is InChI=1S/C61H89N7O20/c1-7-8-9-20-87-51-39-48-47(38-50(51)78-6)59(75)67-40-43(4)37-49(67)60(76)68(48)61(77)88-41-45-10-12-46(13-11-45)64-57(73)44(5)63-58(74)56(42(2)3)65-53(70)17-21-79-23-25-81-27-29-83-31-33-85-35-36-86-34-32-84-30-28-82-26-24-80-22-18-62-52(69)16-19-66-54(71)14-15-55(66)72/h10-15,38-40,42,44,49,56,60,76H,7-9,16-37,41H2,1-6H3,(H,62,69)(H,63,74)(H,64,73)(H,65,70)/t44-,49-,56-,60-/m0/s1. The minimum absolute atomic E-state index is 0.000423. The Morgan fingerprint density at radius 1 is 0.659 bits per heavy atom. The molecule has 27 heteroatoms. The van der Waals surface area contributed by atoms with Crippen LogP contribution in [0.15, 0.2) is 60.3 Å². The summed E-state index contributed by atoms with van der Waals surface area (Å²) in [7, 11) is 1.46. The van der Waals surface area contributed by atoms with Gasteiger partial charge in [0.15, 0.2) is 17.7 Å². The summed E-state index contributed by atoms with van der Waals surface area (Å²) in [6.07, 6.45) is 4.78. The van der Waals surface area contributed by atoms with Gasteiger partial charge in [-0.15, -0.1) is 0 Å². The van der Waals surface area contributed by atoms with E-state index in [1.807, 2.05) is 6.92 Å². The van der Waals surface area contributed by atoms with Crippen molar-refractivity contribution in [3.05, 3.63) is 71.5 Å². The fourth-order valence-electron chi connectivity index (χ4n) is 8.98. The molecule has 0 radical (unpaired) electrons. The molecule has 0 spiro atoms. The lowest BCUT2D eigenvalue weighted by molar-refractivity contribution is -0.137. The highest BCUT2D eigenvalue weighted by Crippen LogP contribution is 2.42. The second kappa shape index (κ2) is 39.7. The van der Waals surface area contributed by atoms with Crippen molar-refractivity contribution in [1.82, 2.24) is 25.8 Å². The predicted molar refractivity (Wildman–Crippen MR) is 319 cm³/mol. The van der Waals surface area contributed by atoms with E-state index in [0.29, 0.717) is 135 Å². The number of ether oxygens (including phenoxy) is 11. The monoisotopic (exact) mass is 1240 g/mol. The summed E-state index contributed by atoms with van der Waals surface area (Å²) in [6, 6.07) is 6.90. The molecule has 3 aliphatic rings. The van der Waals surface area contributed by atoms with Crippen molar-refractivity contribution in [3.8, 4) is 11.5 Å². The summed E-state index contributed by atoms with van der Waals surface area (Å²) < 4.78 is 61.3. The number of carbonyl (C=O) groups excluding carboxylic acids is 8. The molecule has 8 amide bonds. The SMILES string of the molecule is CCCCCOc1cc2c(cc1OC)C(=O)N1C=C(C)C[C@H]1[C@H](O)N2C(=O)OCc1ccc(NC(=O)[C@H](C)NC(=O)[C@@H](NC(=O)CCOCCOCCOCCOCCOCCOCCOCCOCCNC(=O)CCN2C(=O)C=CC2=O)C(C)C)cc1. The number of rotatable bonds is 44. The molecule has 4 atom stereocenters. The first-order valence-electron chi connectivity index (χ1n) is 29.9. The van der Waals surface area contributed by atoms with Gasteiger partial charge in [-0.2, -0.15) is 0 Å². The van der Waals surface area contributed by atoms with Crippen LogP contribution in [0.5, 0.6) is 11.5 Å². The van der Waals surface area contributed by atoms with Crippen LogP contribution in [-0.2, 0) is 78.0 Å². The Bertz CT molecular complexity index is 2600. The average Bonchev–Trinajstić information content (AvgIpc) is 1.67. The fourth-order valence-corrected chi connectivity index (χ4v) is 8.98. The van der Waals surface area contributed by atoms with Gasteiger partial charge in [0.05, 0.1) is 137 Å². The quantitative estimate of drug-likeness (QED) is 0.0469. The second-order valence-electron chi connectivity index (χ2n) is 21.0. The third kappa shape index (κ3) is 24.5. The maximum atomic E-state index is 14.0. The maximum Gasteiger partial charge on any atom is 0.416 e. The predicted octanol–water partition coefficient (Wildman–Crippen LogP) is 3.40. The first kappa shape index (κ1) is 71.7. The highest BCUT2D eigenvalue weighted by Gasteiger charge is 2.45. The van der Waals surface area contributed by atoms with E-state index in [4.69, 9.17) is 52.1 Å². The molecule has 5 N–H and O–H groups in total. The molecule has 0 saturated carbocycles. The van der Waals surface area contributed by atoms with Gasteiger partial charge in [-0.25, -0.2) is 9.69 Å². The number of carbonyl (C=O) groups is 8. The van der Waals surface area contributed by atoms with E-state index in [1.54, 1.807) is 44.3 Å². The number of nitrogens with one attached hydrogen (secondary N) is 4. The molecule has 0 aliphatic carbocycles. The van der Waals surface area contributed by atoms with Gasteiger partial charge in [-0.1, -0.05) is 51.3 Å². The van der Waals surface area contributed by atoms with Crippen LogP contribution in [0, 0.1) is 5.92 Å². The van der Waals surface area contributed by atoms with E-state index >= 15 is 0 Å². The van der Waals surface area contributed by atoms with Gasteiger partial charge < -0.3 is 83.4 Å². The lowest BCUT2D eigenvalue weighted by Gasteiger charge is -2.31. The molecule has 0 aromatic heterocycles. The molecule has 0 unspecified atom stereocenters. The van der Waals surface area contributed by atoms with Gasteiger partial charge >= 0.3 is 6.09 Å². The van der Waals surface area contributed by atoms with Crippen molar-refractivity contribution in [2.75, 3.05) is 143 Å². The van der Waals surface area contributed by atoms with Gasteiger partial charge in [-0.05, 0) is 56.4 Å². The number of hydrogen-bond acceptors (Lipinski definition) is 20. The van der Waals surface area contributed by atoms with Crippen molar-refractivity contribution < 1.29 is 95.6 Å². The van der Waals surface area contributed by atoms with Crippen molar-refractivity contribution in [2.24, 2.45) is 5.92 Å². The van der Waals surface area contributed by atoms with Crippen molar-refractivity contribution in [1.29, 1.82) is 0 Å². The summed E-state index contributed by atoms with van der Waals surface area (Å²) >= 11 is 0. The number of anilines is 2. The van der Waals surface area contributed by atoms with Crippen molar-refractivity contribution >= 4 is 58.8 Å². The molecule has 0 saturated heterocycles. The fraction of sp³-hybridized carbons (Fsp3) is 0.607. The molecular formula is C61H89N7O20. The van der Waals surface area contributed by atoms with Gasteiger partial charge in [0, 0.05) is 56.0 Å². The molecule has 88 heavy (non-hydrogen) atoms. The number of benzene rings is 2. The summed E-state index contributed by atoms with van der Waals surface area (Å²) in [5.41, 5.74) is 2.07. The number of nitrogens with zero attached hydrogens (tertiary/aromatic N) is 3. The third-order valence-electron chi connectivity index (χ3n) is 13.8. The van der Waals surface area contributed by atoms with Crippen LogP contribution >= 0.6 is 0 Å². The average molecular weight is 1240 g/mol. The molecule has 2 aromatic rings. The summed E-state index contributed by atoms with van der Waals surface area (Å²) in [6.45, 7) is 15.1. The van der Waals surface area contributed by atoms with E-state index in [-0.39, 0.29) is 62.3 Å². The maximum absolute atomic E-state index is 14.0. The van der Waals surface area contributed by atoms with Gasteiger partial charge in [-0.3, -0.25) is 38.5 Å². The number of aliphatic hydroxyl groups is 1. The number of methoxy groups -OCH3 is 1. The van der Waals surface area contributed by atoms with Gasteiger partial charge in [0.25, 0.3) is 17.7 Å². The summed E-state index contributed by atoms with van der Waals surface area (Å²) in [5, 5.41) is 22.6. The second-order valence-corrected chi connectivity index (χ2v) is 21.0. The molecule has 3 aliphatic heterocycles. The largest absolute Gasteiger partial charge is 0.493 e. The Morgan fingerprint density at radius 2 is 1.22 bits per heavy atom. The molecule has 5 rings (SSSR count). The zero-order valence-electron chi connectivity index (χ0n) is 51.5. The van der Waals surface area contributed by atoms with Crippen LogP contribution in [-0.4, -0.2) is 219 Å². The zero-order valence-corrected chi connectivity index (χ0v) is 51.5.